The van der Waals surface area contributed by atoms with E-state index in [9.17, 15) is 4.79 Å². The Morgan fingerprint density at radius 1 is 1.42 bits per heavy atom. The average Bonchev–Trinajstić information content (AvgIpc) is 2.12. The van der Waals surface area contributed by atoms with E-state index in [-0.39, 0.29) is 5.91 Å². The highest BCUT2D eigenvalue weighted by atomic mass is 16.2. The van der Waals surface area contributed by atoms with Gasteiger partial charge in [-0.15, -0.1) is 0 Å². The molecule has 1 heterocycles. The number of carbonyl (C=O) groups excluding carboxylic acids is 1. The van der Waals surface area contributed by atoms with Crippen LogP contribution in [0.4, 0.5) is 0 Å². The highest BCUT2D eigenvalue weighted by Crippen LogP contribution is 2.31. The molecular formula is C10H15NO. The predicted molar refractivity (Wildman–Crippen MR) is 47.7 cm³/mol. The number of carbonyl (C=O) groups is 1. The molecule has 2 heteroatoms. The lowest BCUT2D eigenvalue weighted by Crippen LogP contribution is -2.44. The maximum Gasteiger partial charge on any atom is 0.246 e. The third-order valence-corrected chi connectivity index (χ3v) is 3.11. The van der Waals surface area contributed by atoms with Gasteiger partial charge in [0.15, 0.2) is 0 Å². The van der Waals surface area contributed by atoms with Gasteiger partial charge < -0.3 is 4.90 Å². The molecule has 1 fully saturated rings. The maximum absolute atomic E-state index is 11.3. The molecular weight excluding hydrogens is 150 g/mol. The summed E-state index contributed by atoms with van der Waals surface area (Å²) < 4.78 is 0. The Kier molecular flexibility index (Phi) is 1.91. The molecule has 66 valence electrons. The van der Waals surface area contributed by atoms with Gasteiger partial charge in [-0.1, -0.05) is 18.9 Å². The van der Waals surface area contributed by atoms with Crippen molar-refractivity contribution in [1.82, 2.24) is 4.90 Å². The second kappa shape index (κ2) is 2.92. The van der Waals surface area contributed by atoms with Crippen LogP contribution in [0.15, 0.2) is 12.2 Å². The first-order valence-corrected chi connectivity index (χ1v) is 4.74. The number of hydrogen-bond donors (Lipinski definition) is 0. The van der Waals surface area contributed by atoms with Gasteiger partial charge in [0.25, 0.3) is 0 Å². The van der Waals surface area contributed by atoms with Crippen LogP contribution in [0.3, 0.4) is 0 Å². The Labute approximate surface area is 73.2 Å². The summed E-state index contributed by atoms with van der Waals surface area (Å²) in [6.07, 6.45) is 8.90. The Balaban J connectivity index is 2.18. The summed E-state index contributed by atoms with van der Waals surface area (Å²) in [4.78, 5) is 13.2. The van der Waals surface area contributed by atoms with E-state index < -0.39 is 0 Å². The second-order valence-electron chi connectivity index (χ2n) is 3.82. The van der Waals surface area contributed by atoms with Gasteiger partial charge in [-0.2, -0.15) is 0 Å². The van der Waals surface area contributed by atoms with E-state index in [1.807, 2.05) is 11.9 Å². The summed E-state index contributed by atoms with van der Waals surface area (Å²) in [5.74, 6) is 0.819. The maximum atomic E-state index is 11.3. The molecule has 0 bridgehead atoms. The van der Waals surface area contributed by atoms with Gasteiger partial charge in [-0.3, -0.25) is 4.79 Å². The van der Waals surface area contributed by atoms with Gasteiger partial charge in [0.1, 0.15) is 0 Å². The van der Waals surface area contributed by atoms with Crippen molar-refractivity contribution in [3.63, 3.8) is 0 Å². The first kappa shape index (κ1) is 7.84. The zero-order chi connectivity index (χ0) is 8.55. The average molecular weight is 165 g/mol. The summed E-state index contributed by atoms with van der Waals surface area (Å²) in [6.45, 7) is 0. The molecule has 1 aliphatic heterocycles. The van der Waals surface area contributed by atoms with Crippen molar-refractivity contribution in [2.75, 3.05) is 7.05 Å². The van der Waals surface area contributed by atoms with Gasteiger partial charge in [0.05, 0.1) is 0 Å². The summed E-state index contributed by atoms with van der Waals surface area (Å²) in [5.41, 5.74) is 0. The molecule has 0 aromatic carbocycles. The molecule has 0 aromatic heterocycles. The Bertz CT molecular complexity index is 222. The predicted octanol–water partition coefficient (Wildman–Crippen LogP) is 1.57. The fraction of sp³-hybridized carbons (Fsp3) is 0.700. The Morgan fingerprint density at radius 3 is 3.00 bits per heavy atom. The van der Waals surface area contributed by atoms with Crippen LogP contribution in [0.25, 0.3) is 0 Å². The van der Waals surface area contributed by atoms with E-state index in [0.29, 0.717) is 12.0 Å². The first-order chi connectivity index (χ1) is 5.79. The van der Waals surface area contributed by atoms with Crippen LogP contribution in [0, 0.1) is 5.92 Å². The fourth-order valence-corrected chi connectivity index (χ4v) is 2.33. The van der Waals surface area contributed by atoms with Gasteiger partial charge in [-0.25, -0.2) is 0 Å². The van der Waals surface area contributed by atoms with Crippen LogP contribution in [0.2, 0.25) is 0 Å². The zero-order valence-electron chi connectivity index (χ0n) is 7.49. The third-order valence-electron chi connectivity index (χ3n) is 3.11. The van der Waals surface area contributed by atoms with Crippen molar-refractivity contribution in [2.45, 2.75) is 31.7 Å². The molecule has 2 atom stereocenters. The molecule has 0 spiro atoms. The van der Waals surface area contributed by atoms with Crippen molar-refractivity contribution in [3.05, 3.63) is 12.2 Å². The Morgan fingerprint density at radius 2 is 2.17 bits per heavy atom. The van der Waals surface area contributed by atoms with Gasteiger partial charge in [0, 0.05) is 13.1 Å². The van der Waals surface area contributed by atoms with Crippen LogP contribution in [-0.4, -0.2) is 23.9 Å². The Hall–Kier alpha value is -0.790. The van der Waals surface area contributed by atoms with Crippen LogP contribution in [0.1, 0.15) is 25.7 Å². The van der Waals surface area contributed by atoms with Gasteiger partial charge >= 0.3 is 0 Å². The van der Waals surface area contributed by atoms with Crippen molar-refractivity contribution < 1.29 is 4.79 Å². The molecule has 0 radical (unpaired) electrons. The molecule has 0 aromatic rings. The van der Waals surface area contributed by atoms with E-state index in [4.69, 9.17) is 0 Å². The minimum Gasteiger partial charge on any atom is -0.339 e. The van der Waals surface area contributed by atoms with E-state index in [1.165, 1.54) is 25.7 Å². The van der Waals surface area contributed by atoms with E-state index in [1.54, 1.807) is 6.08 Å². The summed E-state index contributed by atoms with van der Waals surface area (Å²) in [6, 6.07) is 0.497. The number of fused-ring (bicyclic) bond motifs is 1. The molecule has 2 rings (SSSR count). The van der Waals surface area contributed by atoms with E-state index in [0.717, 1.165) is 0 Å². The standard InChI is InChI=1S/C10H15NO/c1-11-9-5-3-2-4-8(9)6-7-10(11)12/h6-9H,2-5H2,1H3. The smallest absolute Gasteiger partial charge is 0.246 e. The third kappa shape index (κ3) is 1.15. The quantitative estimate of drug-likeness (QED) is 0.533. The molecule has 2 unspecified atom stereocenters. The van der Waals surface area contributed by atoms with Gasteiger partial charge in [-0.05, 0) is 24.8 Å². The number of likely N-dealkylation sites (N-methyl/N-ethyl adjacent to an activating group) is 1. The second-order valence-corrected chi connectivity index (χ2v) is 3.82. The SMILES string of the molecule is CN1C(=O)C=CC2CCCCC21. The molecule has 12 heavy (non-hydrogen) atoms. The normalized spacial score (nSPS) is 35.1. The fourth-order valence-electron chi connectivity index (χ4n) is 2.33. The van der Waals surface area contributed by atoms with Crippen LogP contribution in [-0.2, 0) is 4.79 Å². The number of hydrogen-bond acceptors (Lipinski definition) is 1. The van der Waals surface area contributed by atoms with Crippen LogP contribution >= 0.6 is 0 Å². The van der Waals surface area contributed by atoms with Crippen molar-refractivity contribution >= 4 is 5.91 Å². The molecule has 2 nitrogen and oxygen atoms in total. The number of rotatable bonds is 0. The minimum atomic E-state index is 0.179. The molecule has 1 aliphatic carbocycles. The molecule has 0 N–H and O–H groups in total. The zero-order valence-corrected chi connectivity index (χ0v) is 7.49. The first-order valence-electron chi connectivity index (χ1n) is 4.74. The van der Waals surface area contributed by atoms with Crippen LogP contribution < -0.4 is 0 Å². The lowest BCUT2D eigenvalue weighted by atomic mass is 9.82. The van der Waals surface area contributed by atoms with Crippen molar-refractivity contribution in [2.24, 2.45) is 5.92 Å². The minimum absolute atomic E-state index is 0.179. The molecule has 2 aliphatic rings. The topological polar surface area (TPSA) is 20.3 Å². The highest BCUT2D eigenvalue weighted by molar-refractivity contribution is 5.88. The number of nitrogens with zero attached hydrogens (tertiary/aromatic N) is 1. The van der Waals surface area contributed by atoms with E-state index >= 15 is 0 Å². The number of amides is 1. The molecule has 0 saturated heterocycles. The molecule has 1 saturated carbocycles. The summed E-state index contributed by atoms with van der Waals surface area (Å²) in [7, 11) is 1.93. The lowest BCUT2D eigenvalue weighted by Gasteiger charge is -2.38. The molecule has 1 amide bonds. The lowest BCUT2D eigenvalue weighted by molar-refractivity contribution is -0.129. The largest absolute Gasteiger partial charge is 0.339 e. The monoisotopic (exact) mass is 165 g/mol. The summed E-state index contributed by atoms with van der Waals surface area (Å²) >= 11 is 0. The summed E-state index contributed by atoms with van der Waals surface area (Å²) in [5, 5.41) is 0. The van der Waals surface area contributed by atoms with Crippen molar-refractivity contribution in [3.8, 4) is 0 Å². The van der Waals surface area contributed by atoms with E-state index in [2.05, 4.69) is 6.08 Å². The van der Waals surface area contributed by atoms with Crippen LogP contribution in [0.5, 0.6) is 0 Å². The van der Waals surface area contributed by atoms with Crippen molar-refractivity contribution in [1.29, 1.82) is 0 Å². The van der Waals surface area contributed by atoms with Gasteiger partial charge in [0.2, 0.25) is 5.91 Å². The highest BCUT2D eigenvalue weighted by Gasteiger charge is 2.31.